The minimum absolute atomic E-state index is 0.276. The molecule has 0 bridgehead atoms. The van der Waals surface area contributed by atoms with Gasteiger partial charge in [0.25, 0.3) is 0 Å². The first-order valence-electron chi connectivity index (χ1n) is 9.84. The molecule has 0 aliphatic heterocycles. The average Bonchev–Trinajstić information content (AvgIpc) is 2.68. The Morgan fingerprint density at radius 1 is 1.07 bits per heavy atom. The highest BCUT2D eigenvalue weighted by Crippen LogP contribution is 2.23. The fraction of sp³-hybridized carbons (Fsp3) is 0.409. The first-order chi connectivity index (χ1) is 13.7. The zero-order valence-electron chi connectivity index (χ0n) is 17.6. The lowest BCUT2D eigenvalue weighted by atomic mass is 10.1. The number of aryl methyl sites for hydroxylation is 1. The third-order valence-electron chi connectivity index (χ3n) is 4.75. The molecule has 2 rings (SSSR count). The molecule has 2 aromatic carbocycles. The van der Waals surface area contributed by atoms with Gasteiger partial charge < -0.3 is 10.2 Å². The number of carbonyl (C=O) groups is 1. The Morgan fingerprint density at radius 3 is 2.31 bits per heavy atom. The Bertz CT molecular complexity index is 901. The topological polar surface area (TPSA) is 69.7 Å². The van der Waals surface area contributed by atoms with Gasteiger partial charge in [0.2, 0.25) is 15.9 Å². The van der Waals surface area contributed by atoms with E-state index in [1.54, 1.807) is 18.2 Å². The summed E-state index contributed by atoms with van der Waals surface area (Å²) in [4.78, 5) is 14.9. The van der Waals surface area contributed by atoms with Gasteiger partial charge in [0.15, 0.2) is 0 Å². The molecule has 1 unspecified atom stereocenters. The molecule has 0 spiro atoms. The molecule has 1 N–H and O–H groups in total. The lowest BCUT2D eigenvalue weighted by Gasteiger charge is -2.30. The molecule has 2 aromatic rings. The number of amides is 1. The molecule has 0 fully saturated rings. The predicted molar refractivity (Wildman–Crippen MR) is 120 cm³/mol. The zero-order valence-corrected chi connectivity index (χ0v) is 18.4. The number of rotatable bonds is 10. The number of carbonyl (C=O) groups excluding carboxylic acids is 1. The van der Waals surface area contributed by atoms with E-state index >= 15 is 0 Å². The van der Waals surface area contributed by atoms with E-state index in [-0.39, 0.29) is 5.91 Å². The molecule has 29 heavy (non-hydrogen) atoms. The highest BCUT2D eigenvalue weighted by molar-refractivity contribution is 7.92. The van der Waals surface area contributed by atoms with E-state index in [1.165, 1.54) is 4.31 Å². The van der Waals surface area contributed by atoms with Crippen molar-refractivity contribution in [2.24, 2.45) is 0 Å². The van der Waals surface area contributed by atoms with Crippen molar-refractivity contribution >= 4 is 27.3 Å². The van der Waals surface area contributed by atoms with Crippen LogP contribution < -0.4 is 14.5 Å². The molecule has 0 aliphatic rings. The van der Waals surface area contributed by atoms with Crippen LogP contribution in [0.15, 0.2) is 54.6 Å². The van der Waals surface area contributed by atoms with Crippen LogP contribution in [0.2, 0.25) is 0 Å². The lowest BCUT2D eigenvalue weighted by molar-refractivity contribution is -0.122. The maximum Gasteiger partial charge on any atom is 0.243 e. The summed E-state index contributed by atoms with van der Waals surface area (Å²) in [6.45, 7) is 4.99. The summed E-state index contributed by atoms with van der Waals surface area (Å²) in [6, 6.07) is 16.5. The molecule has 1 atom stereocenters. The Labute approximate surface area is 174 Å². The molecule has 0 heterocycles. The van der Waals surface area contributed by atoms with Gasteiger partial charge in [-0.3, -0.25) is 9.10 Å². The predicted octanol–water partition coefficient (Wildman–Crippen LogP) is 3.18. The van der Waals surface area contributed by atoms with Gasteiger partial charge in [0.1, 0.15) is 6.04 Å². The molecule has 0 aliphatic carbocycles. The quantitative estimate of drug-likeness (QED) is 0.603. The largest absolute Gasteiger partial charge is 0.375 e. The molecule has 0 saturated heterocycles. The van der Waals surface area contributed by atoms with E-state index in [0.717, 1.165) is 30.5 Å². The zero-order chi connectivity index (χ0) is 21.4. The summed E-state index contributed by atoms with van der Waals surface area (Å²) in [7, 11) is -1.60. The highest BCUT2D eigenvalue weighted by Gasteiger charge is 2.31. The number of nitrogens with zero attached hydrogens (tertiary/aromatic N) is 2. The average molecular weight is 418 g/mol. The number of nitrogens with one attached hydrogen (secondary N) is 1. The second kappa shape index (κ2) is 10.3. The van der Waals surface area contributed by atoms with Gasteiger partial charge in [0.05, 0.1) is 11.9 Å². The van der Waals surface area contributed by atoms with Crippen molar-refractivity contribution in [3.63, 3.8) is 0 Å². The second-order valence-electron chi connectivity index (χ2n) is 7.22. The SMILES string of the molecule is CCC(C(=O)NCCCN(C)c1ccccc1)N(c1cccc(C)c1)S(C)(=O)=O. The Kier molecular flexibility index (Phi) is 8.08. The summed E-state index contributed by atoms with van der Waals surface area (Å²) in [6.07, 6.45) is 2.29. The number of hydrogen-bond acceptors (Lipinski definition) is 4. The normalized spacial score (nSPS) is 12.3. The molecule has 7 heteroatoms. The molecular formula is C22H31N3O3S. The van der Waals surface area contributed by atoms with Gasteiger partial charge in [0, 0.05) is 25.8 Å². The number of anilines is 2. The van der Waals surface area contributed by atoms with Crippen LogP contribution in [0.3, 0.4) is 0 Å². The summed E-state index contributed by atoms with van der Waals surface area (Å²) < 4.78 is 26.2. The van der Waals surface area contributed by atoms with Crippen LogP contribution in [-0.4, -0.2) is 46.8 Å². The molecule has 1 amide bonds. The molecule has 0 aromatic heterocycles. The van der Waals surface area contributed by atoms with Crippen LogP contribution >= 0.6 is 0 Å². The van der Waals surface area contributed by atoms with Gasteiger partial charge in [-0.15, -0.1) is 0 Å². The van der Waals surface area contributed by atoms with Crippen LogP contribution in [0.25, 0.3) is 0 Å². The van der Waals surface area contributed by atoms with E-state index in [0.29, 0.717) is 18.7 Å². The van der Waals surface area contributed by atoms with Crippen molar-refractivity contribution in [2.75, 3.05) is 35.6 Å². The van der Waals surface area contributed by atoms with Crippen LogP contribution in [0.5, 0.6) is 0 Å². The Morgan fingerprint density at radius 2 is 1.72 bits per heavy atom. The maximum atomic E-state index is 12.8. The summed E-state index contributed by atoms with van der Waals surface area (Å²) in [5, 5.41) is 2.91. The van der Waals surface area contributed by atoms with Gasteiger partial charge >= 0.3 is 0 Å². The molecule has 0 saturated carbocycles. The lowest BCUT2D eigenvalue weighted by Crippen LogP contribution is -2.49. The molecular weight excluding hydrogens is 386 g/mol. The summed E-state index contributed by atoms with van der Waals surface area (Å²) in [5.41, 5.74) is 2.57. The van der Waals surface area contributed by atoms with E-state index < -0.39 is 16.1 Å². The Hall–Kier alpha value is -2.54. The van der Waals surface area contributed by atoms with Gasteiger partial charge in [-0.05, 0) is 49.6 Å². The number of para-hydroxylation sites is 1. The first kappa shape index (κ1) is 22.7. The van der Waals surface area contributed by atoms with E-state index in [4.69, 9.17) is 0 Å². The third kappa shape index (κ3) is 6.49. The minimum Gasteiger partial charge on any atom is -0.375 e. The van der Waals surface area contributed by atoms with E-state index in [1.807, 2.05) is 57.3 Å². The Balaban J connectivity index is 2.00. The third-order valence-corrected chi connectivity index (χ3v) is 5.93. The monoisotopic (exact) mass is 417 g/mol. The van der Waals surface area contributed by atoms with Crippen molar-refractivity contribution < 1.29 is 13.2 Å². The van der Waals surface area contributed by atoms with Crippen LogP contribution in [0, 0.1) is 6.92 Å². The van der Waals surface area contributed by atoms with Crippen molar-refractivity contribution in [3.05, 3.63) is 60.2 Å². The van der Waals surface area contributed by atoms with Crippen LogP contribution in [-0.2, 0) is 14.8 Å². The van der Waals surface area contributed by atoms with E-state index in [2.05, 4.69) is 10.2 Å². The number of sulfonamides is 1. The summed E-state index contributed by atoms with van der Waals surface area (Å²) >= 11 is 0. The summed E-state index contributed by atoms with van der Waals surface area (Å²) in [5.74, 6) is -0.276. The van der Waals surface area contributed by atoms with Crippen LogP contribution in [0.1, 0.15) is 25.3 Å². The van der Waals surface area contributed by atoms with Gasteiger partial charge in [-0.25, -0.2) is 8.42 Å². The minimum atomic E-state index is -3.61. The van der Waals surface area contributed by atoms with E-state index in [9.17, 15) is 13.2 Å². The molecule has 6 nitrogen and oxygen atoms in total. The van der Waals surface area contributed by atoms with Crippen molar-refractivity contribution in [1.82, 2.24) is 5.32 Å². The number of hydrogen-bond donors (Lipinski definition) is 1. The standard InChI is InChI=1S/C22H31N3O3S/c1-5-21(25(29(4,27)28)20-14-9-11-18(2)17-20)22(26)23-15-10-16-24(3)19-12-7-6-8-13-19/h6-9,11-14,17,21H,5,10,15-16H2,1-4H3,(H,23,26). The highest BCUT2D eigenvalue weighted by atomic mass is 32.2. The van der Waals surface area contributed by atoms with Crippen molar-refractivity contribution in [2.45, 2.75) is 32.7 Å². The smallest absolute Gasteiger partial charge is 0.243 e. The molecule has 158 valence electrons. The van der Waals surface area contributed by atoms with Crippen molar-refractivity contribution in [1.29, 1.82) is 0 Å². The van der Waals surface area contributed by atoms with Gasteiger partial charge in [-0.2, -0.15) is 0 Å². The van der Waals surface area contributed by atoms with Gasteiger partial charge in [-0.1, -0.05) is 37.3 Å². The fourth-order valence-corrected chi connectivity index (χ4v) is 4.49. The second-order valence-corrected chi connectivity index (χ2v) is 9.08. The number of benzene rings is 2. The van der Waals surface area contributed by atoms with Crippen molar-refractivity contribution in [3.8, 4) is 0 Å². The maximum absolute atomic E-state index is 12.8. The first-order valence-corrected chi connectivity index (χ1v) is 11.7. The molecule has 0 radical (unpaired) electrons. The fourth-order valence-electron chi connectivity index (χ4n) is 3.28. The van der Waals surface area contributed by atoms with Crippen LogP contribution in [0.4, 0.5) is 11.4 Å².